The summed E-state index contributed by atoms with van der Waals surface area (Å²) in [5.41, 5.74) is 2.14. The van der Waals surface area contributed by atoms with Crippen LogP contribution in [0.5, 0.6) is 0 Å². The van der Waals surface area contributed by atoms with E-state index in [4.69, 9.17) is 5.11 Å². The van der Waals surface area contributed by atoms with Crippen molar-refractivity contribution in [3.8, 4) is 0 Å². The third-order valence-electron chi connectivity index (χ3n) is 4.40. The van der Waals surface area contributed by atoms with Gasteiger partial charge in [-0.3, -0.25) is 0 Å². The van der Waals surface area contributed by atoms with Gasteiger partial charge in [-0.05, 0) is 23.3 Å². The normalized spacial score (nSPS) is 17.2. The highest BCUT2D eigenvalue weighted by Gasteiger charge is 2.30. The lowest BCUT2D eigenvalue weighted by atomic mass is 10.0. The minimum absolute atomic E-state index is 0.194. The van der Waals surface area contributed by atoms with Gasteiger partial charge in [-0.15, -0.1) is 0 Å². The van der Waals surface area contributed by atoms with E-state index < -0.39 is 12.1 Å². The fourth-order valence-corrected chi connectivity index (χ4v) is 2.89. The van der Waals surface area contributed by atoms with Crippen molar-refractivity contribution in [2.24, 2.45) is 0 Å². The van der Waals surface area contributed by atoms with Crippen LogP contribution in [0.3, 0.4) is 0 Å². The lowest BCUT2D eigenvalue weighted by Crippen LogP contribution is -2.56. The Morgan fingerprint density at radius 2 is 1.85 bits per heavy atom. The van der Waals surface area contributed by atoms with Crippen molar-refractivity contribution in [3.05, 3.63) is 60.2 Å². The predicted octanol–water partition coefficient (Wildman–Crippen LogP) is 1.84. The molecule has 1 fully saturated rings. The molecule has 1 aromatic heterocycles. The topological polar surface area (TPSA) is 89.8 Å². The fraction of sp³-hybridized carbons (Fsp3) is 0.278. The summed E-state index contributed by atoms with van der Waals surface area (Å²) in [6, 6.07) is 5.61. The van der Waals surface area contributed by atoms with Crippen LogP contribution < -0.4 is 4.90 Å². The molecule has 1 atom stereocenters. The lowest BCUT2D eigenvalue weighted by molar-refractivity contribution is 0.124. The van der Waals surface area contributed by atoms with Gasteiger partial charge in [-0.1, -0.05) is 18.7 Å². The number of anilines is 1. The zero-order valence-corrected chi connectivity index (χ0v) is 14.0. The standard InChI is InChI=1S/C18H19FN4O3/c1-12(13-2-4-15(19)5-3-13)14-8-20-17(21-9-14)23-7-6-22(18(25)26)10-16(23)11-24/h2-5,8-9,16,24H,1,6-7,10-11H2,(H,25,26)/t16-/m0/s1. The molecule has 3 rings (SSSR count). The number of rotatable bonds is 4. The number of hydrogen-bond donors (Lipinski definition) is 2. The molecule has 1 aliphatic heterocycles. The summed E-state index contributed by atoms with van der Waals surface area (Å²) in [5, 5.41) is 18.7. The number of carboxylic acid groups (broad SMARTS) is 1. The summed E-state index contributed by atoms with van der Waals surface area (Å²) in [7, 11) is 0. The number of halogens is 1. The number of amides is 1. The number of carbonyl (C=O) groups is 1. The molecule has 136 valence electrons. The van der Waals surface area contributed by atoms with E-state index in [9.17, 15) is 14.3 Å². The van der Waals surface area contributed by atoms with Crippen LogP contribution in [0.4, 0.5) is 15.1 Å². The monoisotopic (exact) mass is 358 g/mol. The molecule has 0 unspecified atom stereocenters. The van der Waals surface area contributed by atoms with Crippen molar-refractivity contribution in [3.63, 3.8) is 0 Å². The van der Waals surface area contributed by atoms with Crippen molar-refractivity contribution >= 4 is 17.6 Å². The van der Waals surface area contributed by atoms with Crippen LogP contribution in [0.25, 0.3) is 5.57 Å². The summed E-state index contributed by atoms with van der Waals surface area (Å²) in [5.74, 6) is 0.105. The van der Waals surface area contributed by atoms with Crippen molar-refractivity contribution in [2.75, 3.05) is 31.1 Å². The van der Waals surface area contributed by atoms with E-state index in [2.05, 4.69) is 16.5 Å². The Balaban J connectivity index is 1.75. The Morgan fingerprint density at radius 1 is 1.19 bits per heavy atom. The number of aromatic nitrogens is 2. The van der Waals surface area contributed by atoms with Crippen molar-refractivity contribution in [1.29, 1.82) is 0 Å². The van der Waals surface area contributed by atoms with Gasteiger partial charge in [-0.2, -0.15) is 0 Å². The third kappa shape index (κ3) is 3.65. The number of benzene rings is 1. The molecule has 1 aromatic carbocycles. The van der Waals surface area contributed by atoms with E-state index in [1.807, 2.05) is 0 Å². The van der Waals surface area contributed by atoms with Crippen LogP contribution in [0.2, 0.25) is 0 Å². The molecule has 1 saturated heterocycles. The molecule has 2 N–H and O–H groups in total. The molecule has 2 aromatic rings. The van der Waals surface area contributed by atoms with Gasteiger partial charge in [0.2, 0.25) is 5.95 Å². The Bertz CT molecular complexity index is 795. The molecule has 0 bridgehead atoms. The average molecular weight is 358 g/mol. The molecule has 0 aliphatic carbocycles. The van der Waals surface area contributed by atoms with Gasteiger partial charge >= 0.3 is 6.09 Å². The van der Waals surface area contributed by atoms with Gasteiger partial charge in [0.25, 0.3) is 0 Å². The number of aliphatic hydroxyl groups is 1. The van der Waals surface area contributed by atoms with E-state index in [0.717, 1.165) is 5.56 Å². The van der Waals surface area contributed by atoms with Crippen molar-refractivity contribution < 1.29 is 19.4 Å². The van der Waals surface area contributed by atoms with Gasteiger partial charge in [0.05, 0.1) is 12.6 Å². The number of piperazine rings is 1. The fourth-order valence-electron chi connectivity index (χ4n) is 2.89. The Morgan fingerprint density at radius 3 is 2.42 bits per heavy atom. The molecule has 2 heterocycles. The highest BCUT2D eigenvalue weighted by Crippen LogP contribution is 2.23. The third-order valence-corrected chi connectivity index (χ3v) is 4.40. The molecular weight excluding hydrogens is 339 g/mol. The molecular formula is C18H19FN4O3. The van der Waals surface area contributed by atoms with Crippen LogP contribution in [-0.4, -0.2) is 63.5 Å². The zero-order valence-electron chi connectivity index (χ0n) is 14.0. The predicted molar refractivity (Wildman–Crippen MR) is 94.4 cm³/mol. The average Bonchev–Trinajstić information content (AvgIpc) is 2.67. The molecule has 0 spiro atoms. The summed E-state index contributed by atoms with van der Waals surface area (Å²) in [6.45, 7) is 4.71. The largest absolute Gasteiger partial charge is 0.465 e. The second-order valence-corrected chi connectivity index (χ2v) is 6.02. The summed E-state index contributed by atoms with van der Waals surface area (Å²) < 4.78 is 13.0. The van der Waals surface area contributed by atoms with Crippen LogP contribution in [0.15, 0.2) is 43.2 Å². The van der Waals surface area contributed by atoms with E-state index in [1.165, 1.54) is 17.0 Å². The van der Waals surface area contributed by atoms with Crippen LogP contribution in [0.1, 0.15) is 11.1 Å². The number of nitrogens with zero attached hydrogens (tertiary/aromatic N) is 4. The molecule has 0 saturated carbocycles. The van der Waals surface area contributed by atoms with E-state index in [0.29, 0.717) is 30.2 Å². The second-order valence-electron chi connectivity index (χ2n) is 6.02. The molecule has 1 amide bonds. The Labute approximate surface area is 150 Å². The van der Waals surface area contributed by atoms with Crippen molar-refractivity contribution in [2.45, 2.75) is 6.04 Å². The maximum absolute atomic E-state index is 13.0. The highest BCUT2D eigenvalue weighted by atomic mass is 19.1. The quantitative estimate of drug-likeness (QED) is 0.867. The smallest absolute Gasteiger partial charge is 0.407 e. The number of hydrogen-bond acceptors (Lipinski definition) is 5. The molecule has 1 aliphatic rings. The van der Waals surface area contributed by atoms with Gasteiger partial charge < -0.3 is 20.0 Å². The first-order valence-electron chi connectivity index (χ1n) is 8.12. The van der Waals surface area contributed by atoms with E-state index >= 15 is 0 Å². The summed E-state index contributed by atoms with van der Waals surface area (Å²) in [4.78, 5) is 22.8. The highest BCUT2D eigenvalue weighted by molar-refractivity contribution is 5.77. The minimum Gasteiger partial charge on any atom is -0.465 e. The molecule has 7 nitrogen and oxygen atoms in total. The SMILES string of the molecule is C=C(c1ccc(F)cc1)c1cnc(N2CCN(C(=O)O)C[C@H]2CO)nc1. The number of aliphatic hydroxyl groups excluding tert-OH is 1. The molecule has 0 radical (unpaired) electrons. The lowest BCUT2D eigenvalue weighted by Gasteiger charge is -2.39. The minimum atomic E-state index is -1.00. The first-order chi connectivity index (χ1) is 12.5. The van der Waals surface area contributed by atoms with Gasteiger partial charge in [0, 0.05) is 37.6 Å². The van der Waals surface area contributed by atoms with Gasteiger partial charge in [-0.25, -0.2) is 19.2 Å². The molecule has 26 heavy (non-hydrogen) atoms. The van der Waals surface area contributed by atoms with Gasteiger partial charge in [0.15, 0.2) is 0 Å². The van der Waals surface area contributed by atoms with Crippen molar-refractivity contribution in [1.82, 2.24) is 14.9 Å². The van der Waals surface area contributed by atoms with E-state index in [-0.39, 0.29) is 19.0 Å². The van der Waals surface area contributed by atoms with Gasteiger partial charge in [0.1, 0.15) is 5.82 Å². The van der Waals surface area contributed by atoms with Crippen LogP contribution in [0, 0.1) is 5.82 Å². The first-order valence-corrected chi connectivity index (χ1v) is 8.12. The van der Waals surface area contributed by atoms with E-state index in [1.54, 1.807) is 29.4 Å². The first kappa shape index (κ1) is 17.8. The Kier molecular flexibility index (Phi) is 5.13. The maximum Gasteiger partial charge on any atom is 0.407 e. The van der Waals surface area contributed by atoms with Crippen LogP contribution in [-0.2, 0) is 0 Å². The summed E-state index contributed by atoms with van der Waals surface area (Å²) in [6.07, 6.45) is 2.23. The van der Waals surface area contributed by atoms with Crippen LogP contribution >= 0.6 is 0 Å². The zero-order chi connectivity index (χ0) is 18.7. The summed E-state index contributed by atoms with van der Waals surface area (Å²) >= 11 is 0. The maximum atomic E-state index is 13.0. The Hall–Kier alpha value is -3.00. The molecule has 8 heteroatoms. The second kappa shape index (κ2) is 7.49.